The van der Waals surface area contributed by atoms with E-state index in [9.17, 15) is 19.2 Å². The zero-order valence-electron chi connectivity index (χ0n) is 17.2. The second-order valence-electron chi connectivity index (χ2n) is 7.72. The number of nitrogens with two attached hydrogens (primary N) is 2. The number of amides is 2. The third-order valence-corrected chi connectivity index (χ3v) is 5.43. The van der Waals surface area contributed by atoms with E-state index in [4.69, 9.17) is 22.0 Å². The first kappa shape index (κ1) is 22.7. The van der Waals surface area contributed by atoms with E-state index in [1.807, 2.05) is 0 Å². The zero-order chi connectivity index (χ0) is 23.4. The largest absolute Gasteiger partial charge is 0.481 e. The second kappa shape index (κ2) is 9.41. The van der Waals surface area contributed by atoms with E-state index in [0.29, 0.717) is 36.8 Å². The van der Waals surface area contributed by atoms with E-state index in [2.05, 4.69) is 10.4 Å². The molecular formula is C21H24N6O5. The minimum atomic E-state index is -0.848. The number of rotatable bonds is 7. The van der Waals surface area contributed by atoms with Crippen LogP contribution in [0, 0.1) is 11.3 Å². The molecule has 1 aromatic heterocycles. The minimum absolute atomic E-state index is 0.110. The highest BCUT2D eigenvalue weighted by molar-refractivity contribution is 5.96. The van der Waals surface area contributed by atoms with Crippen LogP contribution in [0.5, 0.6) is 0 Å². The summed E-state index contributed by atoms with van der Waals surface area (Å²) in [5.41, 5.74) is 11.0. The van der Waals surface area contributed by atoms with Crippen molar-refractivity contribution in [1.29, 1.82) is 5.41 Å². The van der Waals surface area contributed by atoms with E-state index >= 15 is 0 Å². The fourth-order valence-corrected chi connectivity index (χ4v) is 3.67. The molecule has 2 aromatic rings. The molecular weight excluding hydrogens is 416 g/mol. The van der Waals surface area contributed by atoms with Crippen molar-refractivity contribution >= 4 is 23.6 Å². The highest BCUT2D eigenvalue weighted by Gasteiger charge is 2.28. The number of aromatic nitrogens is 2. The summed E-state index contributed by atoms with van der Waals surface area (Å²) in [4.78, 5) is 48.2. The van der Waals surface area contributed by atoms with Crippen molar-refractivity contribution in [3.8, 4) is 11.3 Å². The third kappa shape index (κ3) is 5.17. The summed E-state index contributed by atoms with van der Waals surface area (Å²) >= 11 is 0. The molecule has 1 aliphatic rings. The predicted octanol–water partition coefficient (Wildman–Crippen LogP) is 0.0529. The highest BCUT2D eigenvalue weighted by Crippen LogP contribution is 2.25. The molecule has 0 bridgehead atoms. The van der Waals surface area contributed by atoms with Crippen molar-refractivity contribution in [2.24, 2.45) is 17.4 Å². The number of carbonyl (C=O) groups excluding carboxylic acids is 2. The SMILES string of the molecule is N=C(N)c1ccc(-c2cc(C(=O)NC3CCC(C(=O)O)CC3)c(=O)n(CC(N)=O)n2)cc1. The van der Waals surface area contributed by atoms with Crippen molar-refractivity contribution in [2.45, 2.75) is 38.3 Å². The van der Waals surface area contributed by atoms with Gasteiger partial charge in [-0.15, -0.1) is 0 Å². The van der Waals surface area contributed by atoms with Gasteiger partial charge >= 0.3 is 5.97 Å². The van der Waals surface area contributed by atoms with Gasteiger partial charge in [0.15, 0.2) is 0 Å². The lowest BCUT2D eigenvalue weighted by Gasteiger charge is -2.26. The maximum Gasteiger partial charge on any atom is 0.306 e. The molecule has 0 aliphatic heterocycles. The first-order chi connectivity index (χ1) is 15.2. The van der Waals surface area contributed by atoms with Gasteiger partial charge in [-0.1, -0.05) is 24.3 Å². The number of benzene rings is 1. The number of nitrogens with one attached hydrogen (secondary N) is 2. The molecule has 1 aromatic carbocycles. The van der Waals surface area contributed by atoms with Gasteiger partial charge in [0.25, 0.3) is 11.5 Å². The van der Waals surface area contributed by atoms with E-state index < -0.39 is 35.8 Å². The second-order valence-corrected chi connectivity index (χ2v) is 7.72. The lowest BCUT2D eigenvalue weighted by atomic mass is 9.86. The number of carboxylic acid groups (broad SMARTS) is 1. The monoisotopic (exact) mass is 440 g/mol. The molecule has 1 heterocycles. The van der Waals surface area contributed by atoms with Gasteiger partial charge in [-0.05, 0) is 31.7 Å². The van der Waals surface area contributed by atoms with Gasteiger partial charge in [0, 0.05) is 17.2 Å². The lowest BCUT2D eigenvalue weighted by Crippen LogP contribution is -2.42. The number of carbonyl (C=O) groups is 3. The molecule has 11 nitrogen and oxygen atoms in total. The van der Waals surface area contributed by atoms with Gasteiger partial charge in [0.05, 0.1) is 11.6 Å². The molecule has 7 N–H and O–H groups in total. The Balaban J connectivity index is 1.90. The Morgan fingerprint density at radius 3 is 2.28 bits per heavy atom. The number of hydrogen-bond acceptors (Lipinski definition) is 6. The molecule has 2 amide bonds. The van der Waals surface area contributed by atoms with Crippen molar-refractivity contribution in [3.05, 3.63) is 51.8 Å². The number of carboxylic acids is 1. The van der Waals surface area contributed by atoms with E-state index in [-0.39, 0.29) is 23.1 Å². The van der Waals surface area contributed by atoms with Gasteiger partial charge < -0.3 is 21.9 Å². The third-order valence-electron chi connectivity index (χ3n) is 5.43. The first-order valence-electron chi connectivity index (χ1n) is 10.0. The Morgan fingerprint density at radius 1 is 1.12 bits per heavy atom. The van der Waals surface area contributed by atoms with Crippen LogP contribution in [0.15, 0.2) is 35.1 Å². The maximum atomic E-state index is 12.9. The summed E-state index contributed by atoms with van der Waals surface area (Å²) in [5.74, 6) is -2.81. The molecule has 11 heteroatoms. The van der Waals surface area contributed by atoms with Crippen LogP contribution in [0.2, 0.25) is 0 Å². The quantitative estimate of drug-likeness (QED) is 0.296. The topological polar surface area (TPSA) is 194 Å². The number of amidine groups is 1. The summed E-state index contributed by atoms with van der Waals surface area (Å²) in [6.45, 7) is -0.498. The molecule has 3 rings (SSSR count). The highest BCUT2D eigenvalue weighted by atomic mass is 16.4. The van der Waals surface area contributed by atoms with Crippen LogP contribution in [0.25, 0.3) is 11.3 Å². The van der Waals surface area contributed by atoms with Crippen molar-refractivity contribution in [2.75, 3.05) is 0 Å². The first-order valence-corrected chi connectivity index (χ1v) is 10.0. The van der Waals surface area contributed by atoms with Crippen LogP contribution >= 0.6 is 0 Å². The number of hydrogen-bond donors (Lipinski definition) is 5. The fourth-order valence-electron chi connectivity index (χ4n) is 3.67. The van der Waals surface area contributed by atoms with Crippen LogP contribution in [0.3, 0.4) is 0 Å². The average Bonchev–Trinajstić information content (AvgIpc) is 2.75. The number of nitrogen functional groups attached to an aromatic ring is 1. The molecule has 1 aliphatic carbocycles. The summed E-state index contributed by atoms with van der Waals surface area (Å²) in [6.07, 6.45) is 1.86. The normalized spacial score (nSPS) is 18.0. The smallest absolute Gasteiger partial charge is 0.306 e. The predicted molar refractivity (Wildman–Crippen MR) is 115 cm³/mol. The minimum Gasteiger partial charge on any atom is -0.481 e. The summed E-state index contributed by atoms with van der Waals surface area (Å²) in [6, 6.07) is 7.54. The molecule has 1 fully saturated rings. The molecule has 0 unspecified atom stereocenters. The Hall–Kier alpha value is -4.02. The Bertz CT molecular complexity index is 1120. The number of aliphatic carboxylic acids is 1. The standard InChI is InChI=1S/C21H24N6O5/c22-17(28)10-27-20(30)15(19(29)25-14-7-5-13(6-8-14)21(31)32)9-16(26-27)11-1-3-12(4-2-11)18(23)24/h1-4,9,13-14H,5-8,10H2,(H2,22,28)(H3,23,24)(H,25,29)(H,31,32). The van der Waals surface area contributed by atoms with E-state index in [1.165, 1.54) is 6.07 Å². The fraction of sp³-hybridized carbons (Fsp3) is 0.333. The van der Waals surface area contributed by atoms with Crippen molar-refractivity contribution < 1.29 is 19.5 Å². The van der Waals surface area contributed by atoms with Gasteiger partial charge in [0.1, 0.15) is 17.9 Å². The number of nitrogens with zero attached hydrogens (tertiary/aromatic N) is 2. The van der Waals surface area contributed by atoms with Crippen molar-refractivity contribution in [1.82, 2.24) is 15.1 Å². The molecule has 0 atom stereocenters. The summed E-state index contributed by atoms with van der Waals surface area (Å²) in [7, 11) is 0. The zero-order valence-corrected chi connectivity index (χ0v) is 17.2. The number of primary amides is 1. The maximum absolute atomic E-state index is 12.9. The van der Waals surface area contributed by atoms with Gasteiger partial charge in [-0.3, -0.25) is 24.6 Å². The molecule has 0 spiro atoms. The van der Waals surface area contributed by atoms with Gasteiger partial charge in [0.2, 0.25) is 5.91 Å². The van der Waals surface area contributed by atoms with Crippen LogP contribution < -0.4 is 22.3 Å². The van der Waals surface area contributed by atoms with Gasteiger partial charge in [-0.2, -0.15) is 5.10 Å². The average molecular weight is 440 g/mol. The van der Waals surface area contributed by atoms with Crippen molar-refractivity contribution in [3.63, 3.8) is 0 Å². The molecule has 1 saturated carbocycles. The van der Waals surface area contributed by atoms with Crippen LogP contribution in [-0.2, 0) is 16.1 Å². The molecule has 32 heavy (non-hydrogen) atoms. The van der Waals surface area contributed by atoms with E-state index in [0.717, 1.165) is 4.68 Å². The molecule has 168 valence electrons. The summed E-state index contributed by atoms with van der Waals surface area (Å²) < 4.78 is 0.840. The Kier molecular flexibility index (Phi) is 6.67. The molecule has 0 radical (unpaired) electrons. The Labute approximate surface area is 182 Å². The van der Waals surface area contributed by atoms with Crippen LogP contribution in [0.4, 0.5) is 0 Å². The van der Waals surface area contributed by atoms with Gasteiger partial charge in [-0.25, -0.2) is 4.68 Å². The summed E-state index contributed by atoms with van der Waals surface area (Å²) in [5, 5.41) is 23.5. The van der Waals surface area contributed by atoms with Crippen LogP contribution in [0.1, 0.15) is 41.6 Å². The molecule has 0 saturated heterocycles. The Morgan fingerprint density at radius 2 is 1.75 bits per heavy atom. The van der Waals surface area contributed by atoms with Crippen LogP contribution in [-0.4, -0.2) is 44.5 Å². The lowest BCUT2D eigenvalue weighted by molar-refractivity contribution is -0.142. The van der Waals surface area contributed by atoms with E-state index in [1.54, 1.807) is 24.3 Å².